The fourth-order valence-electron chi connectivity index (χ4n) is 1.78. The van der Waals surface area contributed by atoms with Crippen molar-refractivity contribution in [2.75, 3.05) is 13.6 Å². The molecule has 1 aromatic carbocycles. The van der Waals surface area contributed by atoms with Crippen molar-refractivity contribution in [3.05, 3.63) is 70.5 Å². The maximum atomic E-state index is 4.19. The molecular weight excluding hydrogens is 288 g/mol. The molecule has 2 nitrogen and oxygen atoms in total. The van der Waals surface area contributed by atoms with Gasteiger partial charge in [0.25, 0.3) is 0 Å². The summed E-state index contributed by atoms with van der Waals surface area (Å²) < 4.78 is 1.08. The molecular formula is C15H15BrN2. The minimum absolute atomic E-state index is 0.830. The van der Waals surface area contributed by atoms with Gasteiger partial charge < -0.3 is 5.32 Å². The molecule has 1 N–H and O–H groups in total. The molecule has 0 aliphatic rings. The average molecular weight is 303 g/mol. The van der Waals surface area contributed by atoms with Crippen LogP contribution in [0.2, 0.25) is 0 Å². The third-order valence-electron chi connectivity index (χ3n) is 2.62. The molecule has 1 aromatic heterocycles. The van der Waals surface area contributed by atoms with Crippen LogP contribution in [0.3, 0.4) is 0 Å². The van der Waals surface area contributed by atoms with Gasteiger partial charge in [0.15, 0.2) is 0 Å². The number of halogens is 1. The highest BCUT2D eigenvalue weighted by Gasteiger charge is 2.04. The Morgan fingerprint density at radius 2 is 2.11 bits per heavy atom. The lowest BCUT2D eigenvalue weighted by Crippen LogP contribution is -2.05. The van der Waals surface area contributed by atoms with Gasteiger partial charge in [-0.25, -0.2) is 0 Å². The molecule has 1 heterocycles. The van der Waals surface area contributed by atoms with Gasteiger partial charge in [0.05, 0.1) is 0 Å². The van der Waals surface area contributed by atoms with E-state index in [1.807, 2.05) is 31.4 Å². The van der Waals surface area contributed by atoms with Gasteiger partial charge in [-0.15, -0.1) is 0 Å². The Bertz CT molecular complexity index is 535. The Balaban J connectivity index is 2.44. The van der Waals surface area contributed by atoms with E-state index in [1.165, 1.54) is 11.1 Å². The number of aromatic nitrogens is 1. The smallest absolute Gasteiger partial charge is 0.0346 e. The Hall–Kier alpha value is -1.45. The second kappa shape index (κ2) is 6.47. The number of pyridine rings is 1. The normalized spacial score (nSPS) is 11.6. The zero-order valence-corrected chi connectivity index (χ0v) is 11.8. The van der Waals surface area contributed by atoms with Crippen molar-refractivity contribution in [1.82, 2.24) is 10.3 Å². The van der Waals surface area contributed by atoms with Crippen LogP contribution in [0.1, 0.15) is 11.1 Å². The molecule has 0 saturated heterocycles. The Morgan fingerprint density at radius 3 is 2.78 bits per heavy atom. The van der Waals surface area contributed by atoms with E-state index in [0.29, 0.717) is 0 Å². The van der Waals surface area contributed by atoms with Crippen LogP contribution in [0, 0.1) is 0 Å². The first-order chi connectivity index (χ1) is 8.81. The second-order valence-corrected chi connectivity index (χ2v) is 4.84. The van der Waals surface area contributed by atoms with Crippen LogP contribution in [0.25, 0.3) is 5.57 Å². The molecule has 3 heteroatoms. The van der Waals surface area contributed by atoms with Crippen LogP contribution >= 0.6 is 15.9 Å². The largest absolute Gasteiger partial charge is 0.316 e. The lowest BCUT2D eigenvalue weighted by molar-refractivity contribution is 0.920. The molecule has 0 aliphatic carbocycles. The van der Waals surface area contributed by atoms with E-state index in [0.717, 1.165) is 16.6 Å². The number of benzene rings is 1. The van der Waals surface area contributed by atoms with Crippen molar-refractivity contribution in [3.8, 4) is 0 Å². The predicted molar refractivity (Wildman–Crippen MR) is 79.4 cm³/mol. The molecule has 0 radical (unpaired) electrons. The Morgan fingerprint density at radius 1 is 1.28 bits per heavy atom. The number of likely N-dealkylation sites (N-methyl/N-ethyl adjacent to an activating group) is 1. The molecule has 0 fully saturated rings. The molecule has 18 heavy (non-hydrogen) atoms. The molecule has 2 rings (SSSR count). The van der Waals surface area contributed by atoms with Gasteiger partial charge in [0.1, 0.15) is 0 Å². The van der Waals surface area contributed by atoms with E-state index >= 15 is 0 Å². The maximum Gasteiger partial charge on any atom is 0.0346 e. The molecule has 0 saturated carbocycles. The molecule has 2 aromatic rings. The molecule has 0 atom stereocenters. The fraction of sp³-hybridized carbons (Fsp3) is 0.133. The van der Waals surface area contributed by atoms with E-state index in [1.54, 1.807) is 6.20 Å². The molecule has 0 amide bonds. The summed E-state index contributed by atoms with van der Waals surface area (Å²) in [5, 5.41) is 3.14. The average Bonchev–Trinajstić information content (AvgIpc) is 2.40. The highest BCUT2D eigenvalue weighted by Crippen LogP contribution is 2.24. The zero-order chi connectivity index (χ0) is 12.8. The SMILES string of the molecule is CNC/C=C(\c1cccnc1)c1cccc(Br)c1. The summed E-state index contributed by atoms with van der Waals surface area (Å²) in [6.07, 6.45) is 5.86. The molecule has 0 spiro atoms. The van der Waals surface area contributed by atoms with Crippen molar-refractivity contribution >= 4 is 21.5 Å². The van der Waals surface area contributed by atoms with Gasteiger partial charge in [-0.2, -0.15) is 0 Å². The topological polar surface area (TPSA) is 24.9 Å². The van der Waals surface area contributed by atoms with Crippen molar-refractivity contribution < 1.29 is 0 Å². The predicted octanol–water partition coefficient (Wildman–Crippen LogP) is 3.50. The highest BCUT2D eigenvalue weighted by atomic mass is 79.9. The summed E-state index contributed by atoms with van der Waals surface area (Å²) in [4.78, 5) is 4.19. The number of nitrogens with zero attached hydrogens (tertiary/aromatic N) is 1. The third-order valence-corrected chi connectivity index (χ3v) is 3.11. The first kappa shape index (κ1) is 13.0. The number of nitrogens with one attached hydrogen (secondary N) is 1. The van der Waals surface area contributed by atoms with Crippen LogP contribution < -0.4 is 5.32 Å². The standard InChI is InChI=1S/C15H15BrN2/c1-17-9-7-15(13-5-3-8-18-11-13)12-4-2-6-14(16)10-12/h2-8,10-11,17H,9H2,1H3/b15-7-. The first-order valence-corrected chi connectivity index (χ1v) is 6.61. The van der Waals surface area contributed by atoms with Crippen molar-refractivity contribution in [3.63, 3.8) is 0 Å². The number of hydrogen-bond donors (Lipinski definition) is 1. The summed E-state index contributed by atoms with van der Waals surface area (Å²) in [7, 11) is 1.94. The summed E-state index contributed by atoms with van der Waals surface area (Å²) in [5.41, 5.74) is 3.51. The van der Waals surface area contributed by atoms with Crippen LogP contribution in [-0.4, -0.2) is 18.6 Å². The number of hydrogen-bond acceptors (Lipinski definition) is 2. The Kier molecular flexibility index (Phi) is 4.67. The van der Waals surface area contributed by atoms with Gasteiger partial charge in [-0.1, -0.05) is 40.2 Å². The van der Waals surface area contributed by atoms with Crippen LogP contribution in [0.5, 0.6) is 0 Å². The number of rotatable bonds is 4. The van der Waals surface area contributed by atoms with E-state index in [2.05, 4.69) is 50.5 Å². The summed E-state index contributed by atoms with van der Waals surface area (Å²) in [6, 6.07) is 12.3. The summed E-state index contributed by atoms with van der Waals surface area (Å²) in [5.74, 6) is 0. The van der Waals surface area contributed by atoms with Gasteiger partial charge in [0.2, 0.25) is 0 Å². The van der Waals surface area contributed by atoms with E-state index in [9.17, 15) is 0 Å². The lowest BCUT2D eigenvalue weighted by Gasteiger charge is -2.08. The van der Waals surface area contributed by atoms with E-state index < -0.39 is 0 Å². The Labute approximate surface area is 116 Å². The van der Waals surface area contributed by atoms with Gasteiger partial charge in [-0.3, -0.25) is 4.98 Å². The van der Waals surface area contributed by atoms with Crippen molar-refractivity contribution in [1.29, 1.82) is 0 Å². The van der Waals surface area contributed by atoms with Crippen LogP contribution in [0.15, 0.2) is 59.3 Å². The molecule has 0 aliphatic heterocycles. The van der Waals surface area contributed by atoms with E-state index in [-0.39, 0.29) is 0 Å². The molecule has 0 unspecified atom stereocenters. The first-order valence-electron chi connectivity index (χ1n) is 5.82. The molecule has 92 valence electrons. The zero-order valence-electron chi connectivity index (χ0n) is 10.2. The minimum atomic E-state index is 0.830. The summed E-state index contributed by atoms with van der Waals surface area (Å²) >= 11 is 3.51. The quantitative estimate of drug-likeness (QED) is 0.935. The third kappa shape index (κ3) is 3.28. The van der Waals surface area contributed by atoms with Crippen LogP contribution in [-0.2, 0) is 0 Å². The van der Waals surface area contributed by atoms with E-state index in [4.69, 9.17) is 0 Å². The fourth-order valence-corrected chi connectivity index (χ4v) is 2.18. The minimum Gasteiger partial charge on any atom is -0.316 e. The van der Waals surface area contributed by atoms with Gasteiger partial charge in [-0.05, 0) is 36.4 Å². The van der Waals surface area contributed by atoms with Crippen molar-refractivity contribution in [2.24, 2.45) is 0 Å². The maximum absolute atomic E-state index is 4.19. The monoisotopic (exact) mass is 302 g/mol. The van der Waals surface area contributed by atoms with Gasteiger partial charge >= 0.3 is 0 Å². The second-order valence-electron chi connectivity index (χ2n) is 3.93. The lowest BCUT2D eigenvalue weighted by atomic mass is 9.99. The highest BCUT2D eigenvalue weighted by molar-refractivity contribution is 9.10. The van der Waals surface area contributed by atoms with Crippen LogP contribution in [0.4, 0.5) is 0 Å². The summed E-state index contributed by atoms with van der Waals surface area (Å²) in [6.45, 7) is 0.830. The van der Waals surface area contributed by atoms with Crippen molar-refractivity contribution in [2.45, 2.75) is 0 Å². The molecule has 0 bridgehead atoms. The van der Waals surface area contributed by atoms with Gasteiger partial charge in [0, 0.05) is 29.0 Å².